The zero-order chi connectivity index (χ0) is 20.4. The second kappa shape index (κ2) is 9.86. The molecule has 1 aromatic carbocycles. The highest BCUT2D eigenvalue weighted by Crippen LogP contribution is 2.38. The topological polar surface area (TPSA) is 56.8 Å². The number of hydrogen-bond acceptors (Lipinski definition) is 5. The molecule has 1 aliphatic carbocycles. The van der Waals surface area contributed by atoms with Gasteiger partial charge < -0.3 is 13.9 Å². The maximum absolute atomic E-state index is 12.5. The van der Waals surface area contributed by atoms with E-state index in [1.54, 1.807) is 7.11 Å². The Kier molecular flexibility index (Phi) is 7.66. The van der Waals surface area contributed by atoms with Gasteiger partial charge in [0.2, 0.25) is 0 Å². The van der Waals surface area contributed by atoms with Gasteiger partial charge in [-0.1, -0.05) is 6.07 Å². The lowest BCUT2D eigenvalue weighted by molar-refractivity contribution is -0.0419. The number of fused-ring (bicyclic) bond motifs is 1. The van der Waals surface area contributed by atoms with Crippen molar-refractivity contribution >= 4 is 23.5 Å². The van der Waals surface area contributed by atoms with E-state index in [2.05, 4.69) is 24.8 Å². The van der Waals surface area contributed by atoms with Crippen molar-refractivity contribution in [1.29, 1.82) is 0 Å². The zero-order valence-corrected chi connectivity index (χ0v) is 19.2. The molecule has 1 aromatic heterocycles. The molecule has 4 rings (SSSR count). The number of methoxy groups -OCH3 is 1. The normalized spacial score (nSPS) is 26.0. The summed E-state index contributed by atoms with van der Waals surface area (Å²) >= 11 is 0. The Morgan fingerprint density at radius 1 is 1.13 bits per heavy atom. The van der Waals surface area contributed by atoms with Crippen LogP contribution in [0.15, 0.2) is 27.4 Å². The molecule has 1 aliphatic heterocycles. The molecule has 168 valence electrons. The number of rotatable bonds is 6. The maximum Gasteiger partial charge on any atom is 0.420 e. The number of aromatic nitrogens is 1. The van der Waals surface area contributed by atoms with Crippen LogP contribution in [0.5, 0.6) is 0 Å². The summed E-state index contributed by atoms with van der Waals surface area (Å²) < 4.78 is 18.4. The molecular formula is C23H35ClN2O4. The van der Waals surface area contributed by atoms with Gasteiger partial charge in [0.05, 0.1) is 24.8 Å². The first-order valence-electron chi connectivity index (χ1n) is 11.0. The van der Waals surface area contributed by atoms with Crippen molar-refractivity contribution < 1.29 is 13.9 Å². The predicted molar refractivity (Wildman–Crippen MR) is 121 cm³/mol. The minimum atomic E-state index is -0.219. The van der Waals surface area contributed by atoms with Crippen LogP contribution in [-0.4, -0.2) is 54.5 Å². The Morgan fingerprint density at radius 2 is 1.83 bits per heavy atom. The quantitative estimate of drug-likeness (QED) is 0.628. The van der Waals surface area contributed by atoms with E-state index in [0.717, 1.165) is 49.9 Å². The van der Waals surface area contributed by atoms with Crippen LogP contribution in [0.3, 0.4) is 0 Å². The molecule has 6 nitrogen and oxygen atoms in total. The summed E-state index contributed by atoms with van der Waals surface area (Å²) in [7, 11) is 1.71. The van der Waals surface area contributed by atoms with Crippen molar-refractivity contribution in [2.45, 2.75) is 70.1 Å². The highest BCUT2D eigenvalue weighted by Gasteiger charge is 2.38. The second-order valence-corrected chi connectivity index (χ2v) is 8.99. The Labute approximate surface area is 184 Å². The highest BCUT2D eigenvalue weighted by molar-refractivity contribution is 5.85. The number of hydrogen-bond donors (Lipinski definition) is 0. The molecule has 1 saturated carbocycles. The van der Waals surface area contributed by atoms with Gasteiger partial charge in [0.1, 0.15) is 0 Å². The molecule has 0 radical (unpaired) electrons. The Hall–Kier alpha value is -1.34. The van der Waals surface area contributed by atoms with Gasteiger partial charge in [-0.2, -0.15) is 0 Å². The average molecular weight is 439 g/mol. The van der Waals surface area contributed by atoms with Crippen LogP contribution in [0.2, 0.25) is 0 Å². The van der Waals surface area contributed by atoms with E-state index in [9.17, 15) is 4.79 Å². The van der Waals surface area contributed by atoms with Crippen LogP contribution >= 0.6 is 12.4 Å². The standard InChI is InChI=1S/C23H34N2O4.ClH/c1-17-4-5-21-20(16-17)25(22(26)29-21)18-8-12-24(13-9-18)23(2)10-6-19(7-11-23)28-15-14-27-3;/h4-5,16,18-19H,6-15H2,1-3H3;1H/t19-,23-;. The molecule has 0 N–H and O–H groups in total. The Morgan fingerprint density at radius 3 is 2.50 bits per heavy atom. The third kappa shape index (κ3) is 4.77. The van der Waals surface area contributed by atoms with Crippen LogP contribution < -0.4 is 5.76 Å². The molecule has 2 fully saturated rings. The van der Waals surface area contributed by atoms with Gasteiger partial charge in [-0.15, -0.1) is 12.4 Å². The molecular weight excluding hydrogens is 404 g/mol. The summed E-state index contributed by atoms with van der Waals surface area (Å²) in [6.07, 6.45) is 6.93. The Balaban J connectivity index is 0.00000256. The third-order valence-electron chi connectivity index (χ3n) is 7.01. The predicted octanol–water partition coefficient (Wildman–Crippen LogP) is 4.33. The van der Waals surface area contributed by atoms with Gasteiger partial charge >= 0.3 is 5.76 Å². The van der Waals surface area contributed by atoms with Gasteiger partial charge in [-0.25, -0.2) is 4.79 Å². The number of likely N-dealkylation sites (tertiary alicyclic amines) is 1. The van der Waals surface area contributed by atoms with Crippen LogP contribution in [0.4, 0.5) is 0 Å². The second-order valence-electron chi connectivity index (χ2n) is 8.99. The minimum Gasteiger partial charge on any atom is -0.408 e. The van der Waals surface area contributed by atoms with Crippen molar-refractivity contribution in [3.63, 3.8) is 0 Å². The summed E-state index contributed by atoms with van der Waals surface area (Å²) in [5, 5.41) is 0. The van der Waals surface area contributed by atoms with Crippen molar-refractivity contribution in [2.75, 3.05) is 33.4 Å². The highest BCUT2D eigenvalue weighted by atomic mass is 35.5. The van der Waals surface area contributed by atoms with E-state index < -0.39 is 0 Å². The molecule has 2 aliphatic rings. The first-order chi connectivity index (χ1) is 14.0. The van der Waals surface area contributed by atoms with Crippen molar-refractivity contribution in [2.24, 2.45) is 0 Å². The van der Waals surface area contributed by atoms with Crippen LogP contribution in [0, 0.1) is 6.92 Å². The lowest BCUT2D eigenvalue weighted by Gasteiger charge is -2.48. The monoisotopic (exact) mass is 438 g/mol. The van der Waals surface area contributed by atoms with Crippen molar-refractivity contribution in [1.82, 2.24) is 9.47 Å². The first kappa shape index (κ1) is 23.3. The van der Waals surface area contributed by atoms with Gasteiger partial charge in [-0.05, 0) is 70.1 Å². The summed E-state index contributed by atoms with van der Waals surface area (Å²) in [6.45, 7) is 7.88. The number of halogens is 1. The number of aryl methyl sites for hydroxylation is 1. The molecule has 0 bridgehead atoms. The fraction of sp³-hybridized carbons (Fsp3) is 0.696. The number of nitrogens with zero attached hydrogens (tertiary/aromatic N) is 2. The molecule has 30 heavy (non-hydrogen) atoms. The Bertz CT molecular complexity index is 877. The fourth-order valence-corrected chi connectivity index (χ4v) is 5.15. The third-order valence-corrected chi connectivity index (χ3v) is 7.01. The van der Waals surface area contributed by atoms with Gasteiger partial charge in [-0.3, -0.25) is 9.47 Å². The van der Waals surface area contributed by atoms with E-state index in [1.807, 2.05) is 16.7 Å². The largest absolute Gasteiger partial charge is 0.420 e. The number of benzene rings is 1. The molecule has 0 unspecified atom stereocenters. The molecule has 2 aromatic rings. The molecule has 0 amide bonds. The van der Waals surface area contributed by atoms with Gasteiger partial charge in [0, 0.05) is 31.8 Å². The summed E-state index contributed by atoms with van der Waals surface area (Å²) in [4.78, 5) is 15.1. The number of oxazole rings is 1. The summed E-state index contributed by atoms with van der Waals surface area (Å²) in [6, 6.07) is 6.19. The lowest BCUT2D eigenvalue weighted by atomic mass is 9.79. The number of ether oxygens (including phenoxy) is 2. The average Bonchev–Trinajstić information content (AvgIpc) is 3.05. The fourth-order valence-electron chi connectivity index (χ4n) is 5.15. The summed E-state index contributed by atoms with van der Waals surface area (Å²) in [5.74, 6) is -0.219. The molecule has 0 spiro atoms. The van der Waals surface area contributed by atoms with Crippen LogP contribution in [0.1, 0.15) is 57.1 Å². The molecule has 2 heterocycles. The van der Waals surface area contributed by atoms with E-state index in [0.29, 0.717) is 24.9 Å². The lowest BCUT2D eigenvalue weighted by Crippen LogP contribution is -2.53. The smallest absolute Gasteiger partial charge is 0.408 e. The van der Waals surface area contributed by atoms with Crippen molar-refractivity contribution in [3.8, 4) is 0 Å². The van der Waals surface area contributed by atoms with Gasteiger partial charge in [0.25, 0.3) is 0 Å². The number of piperidine rings is 1. The molecule has 0 atom stereocenters. The van der Waals surface area contributed by atoms with E-state index in [1.165, 1.54) is 12.8 Å². The SMILES string of the molecule is COCCO[C@H]1CC[C@](C)(N2CCC(n3c(=O)oc4ccc(C)cc43)CC2)CC1.Cl. The van der Waals surface area contributed by atoms with Crippen molar-refractivity contribution in [3.05, 3.63) is 34.3 Å². The van der Waals surface area contributed by atoms with E-state index in [-0.39, 0.29) is 29.7 Å². The van der Waals surface area contributed by atoms with Crippen LogP contribution in [-0.2, 0) is 9.47 Å². The molecule has 1 saturated heterocycles. The van der Waals surface area contributed by atoms with E-state index in [4.69, 9.17) is 13.9 Å². The zero-order valence-electron chi connectivity index (χ0n) is 18.4. The molecule has 7 heteroatoms. The minimum absolute atomic E-state index is 0. The van der Waals surface area contributed by atoms with E-state index >= 15 is 0 Å². The first-order valence-corrected chi connectivity index (χ1v) is 11.0. The van der Waals surface area contributed by atoms with Crippen LogP contribution in [0.25, 0.3) is 11.1 Å². The maximum atomic E-state index is 12.5. The summed E-state index contributed by atoms with van der Waals surface area (Å²) in [5.41, 5.74) is 3.03. The van der Waals surface area contributed by atoms with Gasteiger partial charge in [0.15, 0.2) is 5.58 Å².